The fourth-order valence-electron chi connectivity index (χ4n) is 1.82. The molecular weight excluding hydrogens is 245 g/mol. The smallest absolute Gasteiger partial charge is 0.348 e. The molecule has 0 atom stereocenters. The van der Waals surface area contributed by atoms with Crippen LogP contribution in [0.15, 0.2) is 18.3 Å². The van der Waals surface area contributed by atoms with E-state index in [-0.39, 0.29) is 18.9 Å². The summed E-state index contributed by atoms with van der Waals surface area (Å²) >= 11 is 0. The van der Waals surface area contributed by atoms with Gasteiger partial charge in [-0.3, -0.25) is 9.69 Å². The van der Waals surface area contributed by atoms with Crippen molar-refractivity contribution >= 4 is 5.78 Å². The molecule has 0 aromatic carbocycles. The van der Waals surface area contributed by atoms with Crippen LogP contribution in [0.3, 0.4) is 0 Å². The van der Waals surface area contributed by atoms with E-state index in [1.54, 1.807) is 36.9 Å². The number of hydrogen-bond acceptors (Lipinski definition) is 2. The highest BCUT2D eigenvalue weighted by Gasteiger charge is 2.31. The van der Waals surface area contributed by atoms with Gasteiger partial charge in [-0.15, -0.1) is 0 Å². The van der Waals surface area contributed by atoms with Gasteiger partial charge in [0.05, 0.1) is 18.8 Å². The number of ketones is 1. The largest absolute Gasteiger partial charge is 0.401 e. The van der Waals surface area contributed by atoms with Crippen molar-refractivity contribution in [3.05, 3.63) is 24.0 Å². The predicted octanol–water partition coefficient (Wildman–Crippen LogP) is 2.48. The van der Waals surface area contributed by atoms with E-state index in [1.165, 1.54) is 0 Å². The monoisotopic (exact) mass is 262 g/mol. The van der Waals surface area contributed by atoms with Crippen LogP contribution in [0.25, 0.3) is 0 Å². The molecule has 0 spiro atoms. The summed E-state index contributed by atoms with van der Waals surface area (Å²) in [7, 11) is 1.70. The highest BCUT2D eigenvalue weighted by Crippen LogP contribution is 2.17. The number of alkyl halides is 3. The van der Waals surface area contributed by atoms with Gasteiger partial charge in [0.1, 0.15) is 0 Å². The molecule has 0 radical (unpaired) electrons. The van der Waals surface area contributed by atoms with Gasteiger partial charge in [0.2, 0.25) is 0 Å². The zero-order valence-electron chi connectivity index (χ0n) is 10.5. The first-order chi connectivity index (χ1) is 8.33. The molecule has 0 aliphatic rings. The number of halogens is 3. The molecule has 0 saturated carbocycles. The van der Waals surface area contributed by atoms with Gasteiger partial charge in [-0.2, -0.15) is 13.2 Å². The third-order valence-corrected chi connectivity index (χ3v) is 2.54. The minimum absolute atomic E-state index is 0.203. The minimum Gasteiger partial charge on any atom is -0.348 e. The molecule has 102 valence electrons. The Bertz CT molecular complexity index is 398. The number of carbonyl (C=O) groups excluding carboxylic acids is 1. The number of rotatable bonds is 6. The standard InChI is InChI=1S/C12H17F3N2O/c1-3-6-17(9-12(13,14)15)8-11(18)10-5-4-7-16(10)2/h4-5,7H,3,6,8-9H2,1-2H3. The quantitative estimate of drug-likeness (QED) is 0.736. The summed E-state index contributed by atoms with van der Waals surface area (Å²) in [5.41, 5.74) is 0.429. The molecule has 0 N–H and O–H groups in total. The van der Waals surface area contributed by atoms with Crippen LogP contribution in [0, 0.1) is 0 Å². The third-order valence-electron chi connectivity index (χ3n) is 2.54. The van der Waals surface area contributed by atoms with E-state index >= 15 is 0 Å². The van der Waals surface area contributed by atoms with Gasteiger partial charge in [-0.05, 0) is 25.1 Å². The van der Waals surface area contributed by atoms with Gasteiger partial charge in [0, 0.05) is 13.2 Å². The van der Waals surface area contributed by atoms with Crippen LogP contribution in [0.1, 0.15) is 23.8 Å². The maximum Gasteiger partial charge on any atom is 0.401 e. The molecule has 0 bridgehead atoms. The normalized spacial score (nSPS) is 12.1. The Balaban J connectivity index is 2.66. The Morgan fingerprint density at radius 3 is 2.56 bits per heavy atom. The second-order valence-electron chi connectivity index (χ2n) is 4.25. The molecule has 18 heavy (non-hydrogen) atoms. The molecule has 3 nitrogen and oxygen atoms in total. The van der Waals surface area contributed by atoms with E-state index in [0.717, 1.165) is 4.90 Å². The number of nitrogens with zero attached hydrogens (tertiary/aromatic N) is 2. The number of carbonyl (C=O) groups is 1. The van der Waals surface area contributed by atoms with E-state index in [1.807, 2.05) is 0 Å². The average molecular weight is 262 g/mol. The van der Waals surface area contributed by atoms with Crippen LogP contribution < -0.4 is 0 Å². The lowest BCUT2D eigenvalue weighted by Gasteiger charge is -2.22. The van der Waals surface area contributed by atoms with Crippen molar-refractivity contribution in [2.75, 3.05) is 19.6 Å². The fourth-order valence-corrected chi connectivity index (χ4v) is 1.82. The lowest BCUT2D eigenvalue weighted by Crippen LogP contribution is -2.38. The van der Waals surface area contributed by atoms with Crippen molar-refractivity contribution in [1.82, 2.24) is 9.47 Å². The van der Waals surface area contributed by atoms with Crippen molar-refractivity contribution in [2.45, 2.75) is 19.5 Å². The van der Waals surface area contributed by atoms with E-state index in [0.29, 0.717) is 12.1 Å². The van der Waals surface area contributed by atoms with Crippen molar-refractivity contribution < 1.29 is 18.0 Å². The summed E-state index contributed by atoms with van der Waals surface area (Å²) in [6.45, 7) is 0.800. The van der Waals surface area contributed by atoms with Gasteiger partial charge in [-0.1, -0.05) is 6.92 Å². The van der Waals surface area contributed by atoms with Crippen LogP contribution >= 0.6 is 0 Å². The van der Waals surface area contributed by atoms with Crippen molar-refractivity contribution in [3.8, 4) is 0 Å². The molecule has 1 rings (SSSR count). The van der Waals surface area contributed by atoms with E-state index in [2.05, 4.69) is 0 Å². The van der Waals surface area contributed by atoms with Gasteiger partial charge in [0.15, 0.2) is 5.78 Å². The van der Waals surface area contributed by atoms with Gasteiger partial charge in [0.25, 0.3) is 0 Å². The lowest BCUT2D eigenvalue weighted by molar-refractivity contribution is -0.144. The molecule has 1 aromatic rings. The highest BCUT2D eigenvalue weighted by molar-refractivity contribution is 5.96. The van der Waals surface area contributed by atoms with Gasteiger partial charge < -0.3 is 4.57 Å². The number of Topliss-reactive ketones (excluding diaryl/α,β-unsaturated/α-hetero) is 1. The van der Waals surface area contributed by atoms with Crippen LogP contribution in [0.2, 0.25) is 0 Å². The summed E-state index contributed by atoms with van der Waals surface area (Å²) in [6.07, 6.45) is -2.00. The first kappa shape index (κ1) is 14.8. The molecule has 0 fully saturated rings. The molecular formula is C12H17F3N2O. The second kappa shape index (κ2) is 6.04. The van der Waals surface area contributed by atoms with E-state index in [4.69, 9.17) is 0 Å². The molecule has 1 aromatic heterocycles. The first-order valence-electron chi connectivity index (χ1n) is 5.77. The third kappa shape index (κ3) is 4.52. The molecule has 1 heterocycles. The molecule has 6 heteroatoms. The molecule has 0 aliphatic carbocycles. The van der Waals surface area contributed by atoms with Gasteiger partial charge in [-0.25, -0.2) is 0 Å². The molecule has 0 saturated heterocycles. The van der Waals surface area contributed by atoms with Crippen LogP contribution in [0.4, 0.5) is 13.2 Å². The van der Waals surface area contributed by atoms with Crippen molar-refractivity contribution in [1.29, 1.82) is 0 Å². The molecule has 0 amide bonds. The topological polar surface area (TPSA) is 25.2 Å². The average Bonchev–Trinajstić information content (AvgIpc) is 2.62. The van der Waals surface area contributed by atoms with Gasteiger partial charge >= 0.3 is 6.18 Å². The zero-order chi connectivity index (χ0) is 13.8. The first-order valence-corrected chi connectivity index (χ1v) is 5.77. The summed E-state index contributed by atoms with van der Waals surface area (Å²) in [5.74, 6) is -0.291. The Hall–Kier alpha value is -1.30. The summed E-state index contributed by atoms with van der Waals surface area (Å²) in [4.78, 5) is 13.0. The van der Waals surface area contributed by atoms with E-state index in [9.17, 15) is 18.0 Å². The number of aromatic nitrogens is 1. The SMILES string of the molecule is CCCN(CC(=O)c1cccn1C)CC(F)(F)F. The van der Waals surface area contributed by atoms with Crippen molar-refractivity contribution in [3.63, 3.8) is 0 Å². The lowest BCUT2D eigenvalue weighted by atomic mass is 10.2. The maximum absolute atomic E-state index is 12.3. The summed E-state index contributed by atoms with van der Waals surface area (Å²) in [6, 6.07) is 3.31. The van der Waals surface area contributed by atoms with Crippen LogP contribution in [-0.4, -0.2) is 41.1 Å². The van der Waals surface area contributed by atoms with Crippen molar-refractivity contribution in [2.24, 2.45) is 7.05 Å². The summed E-state index contributed by atoms with van der Waals surface area (Å²) < 4.78 is 38.6. The Morgan fingerprint density at radius 2 is 2.11 bits per heavy atom. The number of aryl methyl sites for hydroxylation is 1. The maximum atomic E-state index is 12.3. The Labute approximate surface area is 104 Å². The Kier molecular flexibility index (Phi) is 4.95. The van der Waals surface area contributed by atoms with Crippen LogP contribution in [0.5, 0.6) is 0 Å². The molecule has 0 aliphatic heterocycles. The highest BCUT2D eigenvalue weighted by atomic mass is 19.4. The fraction of sp³-hybridized carbons (Fsp3) is 0.583. The predicted molar refractivity (Wildman–Crippen MR) is 62.5 cm³/mol. The summed E-state index contributed by atoms with van der Waals surface area (Å²) in [5, 5.41) is 0. The van der Waals surface area contributed by atoms with E-state index < -0.39 is 12.7 Å². The molecule has 0 unspecified atom stereocenters. The second-order valence-corrected chi connectivity index (χ2v) is 4.25. The van der Waals surface area contributed by atoms with Crippen LogP contribution in [-0.2, 0) is 7.05 Å². The Morgan fingerprint density at radius 1 is 1.44 bits per heavy atom. The zero-order valence-corrected chi connectivity index (χ0v) is 10.5. The minimum atomic E-state index is -4.27. The number of hydrogen-bond donors (Lipinski definition) is 0.